The number of rotatable bonds is 9. The Labute approximate surface area is 163 Å². The third-order valence-electron chi connectivity index (χ3n) is 3.70. The van der Waals surface area contributed by atoms with Gasteiger partial charge in [-0.1, -0.05) is 6.07 Å². The fraction of sp³-hybridized carbons (Fsp3) is 0.353. The van der Waals surface area contributed by atoms with Gasteiger partial charge in [0.1, 0.15) is 5.69 Å². The molecule has 28 heavy (non-hydrogen) atoms. The van der Waals surface area contributed by atoms with E-state index < -0.39 is 22.4 Å². The van der Waals surface area contributed by atoms with Crippen molar-refractivity contribution in [2.45, 2.75) is 12.7 Å². The quantitative estimate of drug-likeness (QED) is 0.372. The summed E-state index contributed by atoms with van der Waals surface area (Å²) < 4.78 is 38.1. The van der Waals surface area contributed by atoms with Crippen LogP contribution in [-0.4, -0.2) is 42.4 Å². The Morgan fingerprint density at radius 1 is 1.29 bits per heavy atom. The average molecular weight is 416 g/mol. The largest absolute Gasteiger partial charge is 0.416 e. The maximum absolute atomic E-state index is 12.7. The highest BCUT2D eigenvalue weighted by Gasteiger charge is 2.32. The summed E-state index contributed by atoms with van der Waals surface area (Å²) in [7, 11) is 1.81. The lowest BCUT2D eigenvalue weighted by Gasteiger charge is -2.15. The number of carbonyl (C=O) groups is 1. The van der Waals surface area contributed by atoms with Crippen LogP contribution in [0.5, 0.6) is 0 Å². The lowest BCUT2D eigenvalue weighted by Crippen LogP contribution is -2.37. The zero-order valence-corrected chi connectivity index (χ0v) is 15.8. The molecule has 0 aliphatic heterocycles. The zero-order valence-electron chi connectivity index (χ0n) is 15.0. The van der Waals surface area contributed by atoms with E-state index in [1.54, 1.807) is 11.3 Å². The van der Waals surface area contributed by atoms with Crippen molar-refractivity contribution in [1.29, 1.82) is 0 Å². The number of likely N-dealkylation sites (N-methyl/N-ethyl adjacent to an activating group) is 1. The molecular weight excluding hydrogens is 397 g/mol. The zero-order chi connectivity index (χ0) is 20.7. The summed E-state index contributed by atoms with van der Waals surface area (Å²) >= 11 is 1.59. The summed E-state index contributed by atoms with van der Waals surface area (Å²) in [5, 5.41) is 18.3. The molecule has 2 aromatic rings. The van der Waals surface area contributed by atoms with Crippen LogP contribution in [0.15, 0.2) is 35.7 Å². The number of nitro benzene ring substituents is 1. The second kappa shape index (κ2) is 9.51. The van der Waals surface area contributed by atoms with Gasteiger partial charge in [-0.3, -0.25) is 19.8 Å². The van der Waals surface area contributed by atoms with Crippen molar-refractivity contribution in [3.05, 3.63) is 56.3 Å². The molecule has 152 valence electrons. The number of alkyl halides is 3. The first-order valence-corrected chi connectivity index (χ1v) is 9.12. The molecule has 0 atom stereocenters. The lowest BCUT2D eigenvalue weighted by molar-refractivity contribution is -0.384. The van der Waals surface area contributed by atoms with E-state index in [-0.39, 0.29) is 31.2 Å². The van der Waals surface area contributed by atoms with Crippen LogP contribution in [0.4, 0.5) is 24.5 Å². The molecule has 11 heteroatoms. The predicted molar refractivity (Wildman–Crippen MR) is 100 cm³/mol. The number of nitrogens with zero attached hydrogens (tertiary/aromatic N) is 2. The monoisotopic (exact) mass is 416 g/mol. The molecule has 0 saturated heterocycles. The Bertz CT molecular complexity index is 812. The van der Waals surface area contributed by atoms with Crippen LogP contribution in [0, 0.1) is 10.1 Å². The Hall–Kier alpha value is -2.66. The fourth-order valence-corrected chi connectivity index (χ4v) is 3.22. The van der Waals surface area contributed by atoms with Crippen molar-refractivity contribution in [3.8, 4) is 0 Å². The molecule has 1 heterocycles. The van der Waals surface area contributed by atoms with Crippen LogP contribution in [0.25, 0.3) is 0 Å². The number of halogens is 3. The summed E-state index contributed by atoms with van der Waals surface area (Å²) in [6.07, 6.45) is -4.66. The molecule has 0 spiro atoms. The van der Waals surface area contributed by atoms with Crippen LogP contribution in [0.3, 0.4) is 0 Å². The van der Waals surface area contributed by atoms with Crippen molar-refractivity contribution < 1.29 is 22.9 Å². The lowest BCUT2D eigenvalue weighted by atomic mass is 10.1. The summed E-state index contributed by atoms with van der Waals surface area (Å²) in [6, 6.07) is 6.17. The number of nitro groups is 1. The number of nitrogens with one attached hydrogen (secondary N) is 2. The van der Waals surface area contributed by atoms with E-state index in [2.05, 4.69) is 10.6 Å². The fourth-order valence-electron chi connectivity index (χ4n) is 2.43. The van der Waals surface area contributed by atoms with Crippen molar-refractivity contribution in [2.75, 3.05) is 32.0 Å². The van der Waals surface area contributed by atoms with E-state index in [0.717, 1.165) is 17.0 Å². The van der Waals surface area contributed by atoms with Crippen LogP contribution in [0.1, 0.15) is 10.4 Å². The molecule has 0 fully saturated rings. The van der Waals surface area contributed by atoms with Crippen molar-refractivity contribution in [2.24, 2.45) is 0 Å². The summed E-state index contributed by atoms with van der Waals surface area (Å²) in [5.41, 5.74) is -1.80. The van der Waals surface area contributed by atoms with E-state index in [0.29, 0.717) is 12.6 Å². The molecule has 1 aromatic heterocycles. The number of hydrogen-bond acceptors (Lipinski definition) is 6. The van der Waals surface area contributed by atoms with Crippen molar-refractivity contribution in [1.82, 2.24) is 10.2 Å². The molecule has 1 amide bonds. The Morgan fingerprint density at radius 3 is 2.64 bits per heavy atom. The molecule has 2 N–H and O–H groups in total. The van der Waals surface area contributed by atoms with Crippen molar-refractivity contribution in [3.63, 3.8) is 0 Å². The number of anilines is 1. The maximum Gasteiger partial charge on any atom is 0.416 e. The number of benzene rings is 1. The number of carbonyl (C=O) groups excluding carboxylic acids is 1. The topological polar surface area (TPSA) is 87.5 Å². The molecular formula is C17H19F3N4O3S. The second-order valence-electron chi connectivity index (χ2n) is 6.02. The predicted octanol–water partition coefficient (Wildman–Crippen LogP) is 3.34. The van der Waals surface area contributed by atoms with Gasteiger partial charge in [-0.15, -0.1) is 11.3 Å². The highest BCUT2D eigenvalue weighted by atomic mass is 32.1. The van der Waals surface area contributed by atoms with E-state index in [1.807, 2.05) is 29.5 Å². The van der Waals surface area contributed by atoms with Gasteiger partial charge in [0.15, 0.2) is 0 Å². The van der Waals surface area contributed by atoms with E-state index in [1.165, 1.54) is 0 Å². The Balaban J connectivity index is 1.81. The highest BCUT2D eigenvalue weighted by Crippen LogP contribution is 2.34. The van der Waals surface area contributed by atoms with E-state index >= 15 is 0 Å². The number of hydrogen-bond donors (Lipinski definition) is 2. The minimum atomic E-state index is -4.66. The molecule has 0 unspecified atom stereocenters. The molecule has 1 aromatic carbocycles. The normalized spacial score (nSPS) is 11.5. The first-order chi connectivity index (χ1) is 13.2. The van der Waals surface area contributed by atoms with Gasteiger partial charge in [0.25, 0.3) is 5.69 Å². The molecule has 0 bridgehead atoms. The minimum absolute atomic E-state index is 0.0398. The maximum atomic E-state index is 12.7. The molecule has 0 saturated carbocycles. The Morgan fingerprint density at radius 2 is 2.04 bits per heavy atom. The first kappa shape index (κ1) is 21.6. The third kappa shape index (κ3) is 6.50. The molecule has 2 rings (SSSR count). The van der Waals surface area contributed by atoms with Gasteiger partial charge < -0.3 is 10.6 Å². The smallest absolute Gasteiger partial charge is 0.378 e. The van der Waals surface area contributed by atoms with E-state index in [9.17, 15) is 28.1 Å². The van der Waals surface area contributed by atoms with Crippen LogP contribution < -0.4 is 10.6 Å². The second-order valence-corrected chi connectivity index (χ2v) is 7.05. The van der Waals surface area contributed by atoms with Gasteiger partial charge in [0.05, 0.1) is 17.0 Å². The minimum Gasteiger partial charge on any atom is -0.378 e. The number of amides is 1. The van der Waals surface area contributed by atoms with Gasteiger partial charge in [-0.05, 0) is 30.6 Å². The molecule has 0 aliphatic rings. The summed E-state index contributed by atoms with van der Waals surface area (Å²) in [6.45, 7) is 1.12. The van der Waals surface area contributed by atoms with Gasteiger partial charge in [0.2, 0.25) is 5.91 Å². The molecule has 0 radical (unpaired) electrons. The van der Waals surface area contributed by atoms with Crippen LogP contribution in [0.2, 0.25) is 0 Å². The number of thiophene rings is 1. The van der Waals surface area contributed by atoms with Crippen LogP contribution >= 0.6 is 11.3 Å². The van der Waals surface area contributed by atoms with Gasteiger partial charge in [0, 0.05) is 30.6 Å². The van der Waals surface area contributed by atoms with Gasteiger partial charge in [-0.25, -0.2) is 0 Å². The highest BCUT2D eigenvalue weighted by molar-refractivity contribution is 7.09. The SMILES string of the molecule is CN(CC(=O)NCCNc1ccc(C(F)(F)F)cc1[N+](=O)[O-])Cc1cccs1. The van der Waals surface area contributed by atoms with E-state index in [4.69, 9.17) is 0 Å². The summed E-state index contributed by atoms with van der Waals surface area (Å²) in [5.74, 6) is -0.220. The van der Waals surface area contributed by atoms with Gasteiger partial charge in [-0.2, -0.15) is 13.2 Å². The van der Waals surface area contributed by atoms with Gasteiger partial charge >= 0.3 is 6.18 Å². The molecule has 0 aliphatic carbocycles. The van der Waals surface area contributed by atoms with Crippen LogP contribution in [-0.2, 0) is 17.5 Å². The first-order valence-electron chi connectivity index (χ1n) is 8.24. The van der Waals surface area contributed by atoms with Crippen molar-refractivity contribution >= 4 is 28.6 Å². The summed E-state index contributed by atoms with van der Waals surface area (Å²) in [4.78, 5) is 25.0. The average Bonchev–Trinajstić information content (AvgIpc) is 3.10. The standard InChI is InChI=1S/C17H19F3N4O3S/c1-23(10-13-3-2-8-28-13)11-16(25)22-7-6-21-14-5-4-12(17(18,19)20)9-15(14)24(26)27/h2-5,8-9,21H,6-7,10-11H2,1H3,(H,22,25). The third-order valence-corrected chi connectivity index (χ3v) is 4.56. The molecule has 7 nitrogen and oxygen atoms in total. The Kier molecular flexibility index (Phi) is 7.35.